The molecular formula is C19H28O4. The van der Waals surface area contributed by atoms with Crippen molar-refractivity contribution in [3.63, 3.8) is 0 Å². The van der Waals surface area contributed by atoms with Gasteiger partial charge in [0.25, 0.3) is 0 Å². The lowest BCUT2D eigenvalue weighted by Crippen LogP contribution is -2.13. The van der Waals surface area contributed by atoms with Crippen molar-refractivity contribution in [2.75, 3.05) is 13.2 Å². The van der Waals surface area contributed by atoms with E-state index in [2.05, 4.69) is 13.8 Å². The average Bonchev–Trinajstić information content (AvgIpc) is 2.55. The van der Waals surface area contributed by atoms with Crippen molar-refractivity contribution in [3.05, 3.63) is 35.6 Å². The lowest BCUT2D eigenvalue weighted by Gasteiger charge is -2.15. The molecule has 0 aliphatic rings. The Labute approximate surface area is 139 Å². The van der Waals surface area contributed by atoms with Gasteiger partial charge in [0.1, 0.15) is 5.75 Å². The number of hydrogen-bond donors (Lipinski definition) is 1. The minimum atomic E-state index is -1.04. The van der Waals surface area contributed by atoms with Crippen molar-refractivity contribution in [2.45, 2.75) is 46.5 Å². The second-order valence-corrected chi connectivity index (χ2v) is 5.54. The molecule has 0 heterocycles. The maximum atomic E-state index is 11.4. The van der Waals surface area contributed by atoms with Crippen LogP contribution in [0.15, 0.2) is 30.0 Å². The van der Waals surface area contributed by atoms with E-state index in [9.17, 15) is 9.90 Å². The number of unbranched alkanes of at least 4 members (excludes halogenated alkanes) is 1. The van der Waals surface area contributed by atoms with Crippen molar-refractivity contribution < 1.29 is 19.4 Å². The van der Waals surface area contributed by atoms with Crippen LogP contribution in [0.4, 0.5) is 0 Å². The summed E-state index contributed by atoms with van der Waals surface area (Å²) in [6, 6.07) is 7.30. The van der Waals surface area contributed by atoms with Crippen LogP contribution in [0.25, 0.3) is 6.08 Å². The van der Waals surface area contributed by atoms with E-state index in [1.54, 1.807) is 6.08 Å². The molecule has 0 aliphatic heterocycles. The lowest BCUT2D eigenvalue weighted by molar-refractivity contribution is -0.136. The number of carbonyl (C=O) groups is 1. The summed E-state index contributed by atoms with van der Waals surface area (Å²) in [6.45, 7) is 7.25. The third kappa shape index (κ3) is 7.22. The SMILES string of the molecule is CCCCC(CC)COC(=Cc1ccc(OCC)cc1)C(=O)O. The number of carboxylic acids is 1. The van der Waals surface area contributed by atoms with Gasteiger partial charge in [-0.1, -0.05) is 45.2 Å². The summed E-state index contributed by atoms with van der Waals surface area (Å²) in [5.41, 5.74) is 0.785. The third-order valence-corrected chi connectivity index (χ3v) is 3.72. The van der Waals surface area contributed by atoms with E-state index in [0.29, 0.717) is 19.1 Å². The Morgan fingerprint density at radius 2 is 1.91 bits per heavy atom. The molecule has 0 aliphatic carbocycles. The molecule has 0 amide bonds. The van der Waals surface area contributed by atoms with Crippen molar-refractivity contribution in [1.29, 1.82) is 0 Å². The fourth-order valence-electron chi connectivity index (χ4n) is 2.25. The molecule has 1 aromatic carbocycles. The van der Waals surface area contributed by atoms with Gasteiger partial charge in [-0.05, 0) is 43.0 Å². The Hall–Kier alpha value is -1.97. The molecule has 1 unspecified atom stereocenters. The molecule has 4 nitrogen and oxygen atoms in total. The van der Waals surface area contributed by atoms with Crippen LogP contribution in [0.2, 0.25) is 0 Å². The average molecular weight is 320 g/mol. The van der Waals surface area contributed by atoms with E-state index < -0.39 is 5.97 Å². The smallest absolute Gasteiger partial charge is 0.371 e. The molecule has 1 rings (SSSR count). The first kappa shape index (κ1) is 19.1. The lowest BCUT2D eigenvalue weighted by atomic mass is 10.0. The molecule has 128 valence electrons. The first-order chi connectivity index (χ1) is 11.1. The maximum absolute atomic E-state index is 11.4. The highest BCUT2D eigenvalue weighted by atomic mass is 16.5. The molecule has 1 N–H and O–H groups in total. The zero-order valence-corrected chi connectivity index (χ0v) is 14.4. The summed E-state index contributed by atoms with van der Waals surface area (Å²) >= 11 is 0. The Balaban J connectivity index is 2.71. The number of carboxylic acid groups (broad SMARTS) is 1. The molecule has 0 fully saturated rings. The minimum absolute atomic E-state index is 0.0101. The van der Waals surface area contributed by atoms with Crippen LogP contribution in [0.5, 0.6) is 5.75 Å². The van der Waals surface area contributed by atoms with E-state index in [1.807, 2.05) is 31.2 Å². The standard InChI is InChI=1S/C19H28O4/c1-4-7-8-15(5-2)14-23-18(19(20)21)13-16-9-11-17(12-10-16)22-6-3/h9-13,15H,4-8,14H2,1-3H3,(H,20,21). The molecule has 23 heavy (non-hydrogen) atoms. The van der Waals surface area contributed by atoms with Gasteiger partial charge >= 0.3 is 5.97 Å². The quantitative estimate of drug-likeness (QED) is 0.472. The molecule has 0 spiro atoms. The summed E-state index contributed by atoms with van der Waals surface area (Å²) in [4.78, 5) is 11.4. The van der Waals surface area contributed by atoms with Gasteiger partial charge in [0, 0.05) is 0 Å². The highest BCUT2D eigenvalue weighted by Crippen LogP contribution is 2.18. The van der Waals surface area contributed by atoms with Crippen molar-refractivity contribution in [2.24, 2.45) is 5.92 Å². The van der Waals surface area contributed by atoms with Crippen LogP contribution in [0.3, 0.4) is 0 Å². The molecule has 0 aromatic heterocycles. The van der Waals surface area contributed by atoms with Gasteiger partial charge in [-0.15, -0.1) is 0 Å². The summed E-state index contributed by atoms with van der Waals surface area (Å²) in [7, 11) is 0. The van der Waals surface area contributed by atoms with Crippen LogP contribution in [-0.2, 0) is 9.53 Å². The first-order valence-electron chi connectivity index (χ1n) is 8.41. The number of hydrogen-bond acceptors (Lipinski definition) is 3. The number of ether oxygens (including phenoxy) is 2. The van der Waals surface area contributed by atoms with Crippen LogP contribution in [0.1, 0.15) is 52.0 Å². The second kappa shape index (κ2) is 10.7. The van der Waals surface area contributed by atoms with Crippen LogP contribution < -0.4 is 4.74 Å². The molecule has 0 saturated carbocycles. The predicted octanol–water partition coefficient (Wildman–Crippen LogP) is 4.74. The van der Waals surface area contributed by atoms with Crippen molar-refractivity contribution in [1.82, 2.24) is 0 Å². The molecule has 1 atom stereocenters. The third-order valence-electron chi connectivity index (χ3n) is 3.72. The molecule has 0 radical (unpaired) electrons. The highest BCUT2D eigenvalue weighted by molar-refractivity contribution is 5.89. The fraction of sp³-hybridized carbons (Fsp3) is 0.526. The number of benzene rings is 1. The van der Waals surface area contributed by atoms with Gasteiger partial charge < -0.3 is 14.6 Å². The van der Waals surface area contributed by atoms with Gasteiger partial charge in [0.05, 0.1) is 13.2 Å². The second-order valence-electron chi connectivity index (χ2n) is 5.54. The maximum Gasteiger partial charge on any atom is 0.371 e. The predicted molar refractivity (Wildman–Crippen MR) is 92.5 cm³/mol. The topological polar surface area (TPSA) is 55.8 Å². The highest BCUT2D eigenvalue weighted by Gasteiger charge is 2.13. The van der Waals surface area contributed by atoms with Gasteiger partial charge in [0.15, 0.2) is 0 Å². The number of rotatable bonds is 11. The zero-order chi connectivity index (χ0) is 17.1. The van der Waals surface area contributed by atoms with E-state index in [4.69, 9.17) is 9.47 Å². The van der Waals surface area contributed by atoms with Crippen LogP contribution in [-0.4, -0.2) is 24.3 Å². The molecule has 4 heteroatoms. The van der Waals surface area contributed by atoms with E-state index in [0.717, 1.165) is 37.0 Å². The summed E-state index contributed by atoms with van der Waals surface area (Å²) < 4.78 is 10.9. The normalized spacial score (nSPS) is 12.7. The number of aliphatic carboxylic acids is 1. The Kier molecular flexibility index (Phi) is 8.88. The minimum Gasteiger partial charge on any atom is -0.494 e. The summed E-state index contributed by atoms with van der Waals surface area (Å²) in [5, 5.41) is 9.32. The fourth-order valence-corrected chi connectivity index (χ4v) is 2.25. The Morgan fingerprint density at radius 1 is 1.22 bits per heavy atom. The monoisotopic (exact) mass is 320 g/mol. The van der Waals surface area contributed by atoms with Crippen LogP contribution in [0, 0.1) is 5.92 Å². The Morgan fingerprint density at radius 3 is 2.43 bits per heavy atom. The molecule has 0 bridgehead atoms. The molecule has 1 aromatic rings. The van der Waals surface area contributed by atoms with Gasteiger partial charge in [-0.2, -0.15) is 0 Å². The van der Waals surface area contributed by atoms with Gasteiger partial charge in [0.2, 0.25) is 5.76 Å². The van der Waals surface area contributed by atoms with E-state index >= 15 is 0 Å². The van der Waals surface area contributed by atoms with Gasteiger partial charge in [-0.25, -0.2) is 4.79 Å². The van der Waals surface area contributed by atoms with Crippen molar-refractivity contribution >= 4 is 12.0 Å². The Bertz CT molecular complexity index is 491. The summed E-state index contributed by atoms with van der Waals surface area (Å²) in [5.74, 6) is 0.124. The van der Waals surface area contributed by atoms with E-state index in [-0.39, 0.29) is 5.76 Å². The zero-order valence-electron chi connectivity index (χ0n) is 14.4. The molecular weight excluding hydrogens is 292 g/mol. The largest absolute Gasteiger partial charge is 0.494 e. The summed E-state index contributed by atoms with van der Waals surface area (Å²) in [6.07, 6.45) is 5.92. The van der Waals surface area contributed by atoms with Crippen LogP contribution >= 0.6 is 0 Å². The van der Waals surface area contributed by atoms with Gasteiger partial charge in [-0.3, -0.25) is 0 Å². The first-order valence-corrected chi connectivity index (χ1v) is 8.41. The van der Waals surface area contributed by atoms with Crippen molar-refractivity contribution in [3.8, 4) is 5.75 Å². The molecule has 0 saturated heterocycles. The van der Waals surface area contributed by atoms with E-state index in [1.165, 1.54) is 0 Å².